The first-order chi connectivity index (χ1) is 12.1. The van der Waals surface area contributed by atoms with E-state index in [1.807, 2.05) is 36.4 Å². The van der Waals surface area contributed by atoms with Crippen molar-refractivity contribution in [3.63, 3.8) is 0 Å². The molecule has 0 bridgehead atoms. The van der Waals surface area contributed by atoms with Crippen molar-refractivity contribution in [2.24, 2.45) is 0 Å². The van der Waals surface area contributed by atoms with Gasteiger partial charge in [-0.1, -0.05) is 54.1 Å². The number of furan rings is 1. The summed E-state index contributed by atoms with van der Waals surface area (Å²) in [6.45, 7) is 1.72. The van der Waals surface area contributed by atoms with Crippen LogP contribution in [0.25, 0.3) is 17.4 Å². The summed E-state index contributed by atoms with van der Waals surface area (Å²) in [5.74, 6) is 0.729. The molecule has 1 aromatic heterocycles. The molecule has 0 radical (unpaired) electrons. The molecule has 122 valence electrons. The molecule has 1 heterocycles. The van der Waals surface area contributed by atoms with Crippen molar-refractivity contribution in [1.82, 2.24) is 0 Å². The Morgan fingerprint density at radius 3 is 2.44 bits per heavy atom. The molecular weight excluding hydrogens is 334 g/mol. The Balaban J connectivity index is 1.95. The van der Waals surface area contributed by atoms with Gasteiger partial charge in [-0.05, 0) is 36.8 Å². The maximum absolute atomic E-state index is 12.7. The van der Waals surface area contributed by atoms with Crippen molar-refractivity contribution in [3.05, 3.63) is 88.1 Å². The van der Waals surface area contributed by atoms with Crippen molar-refractivity contribution in [2.45, 2.75) is 6.92 Å². The first-order valence-electron chi connectivity index (χ1n) is 7.66. The third kappa shape index (κ3) is 3.71. The highest BCUT2D eigenvalue weighted by Crippen LogP contribution is 2.27. The van der Waals surface area contributed by atoms with Gasteiger partial charge in [0.25, 0.3) is 0 Å². The van der Waals surface area contributed by atoms with E-state index >= 15 is 0 Å². The molecule has 3 nitrogen and oxygen atoms in total. The maximum Gasteiger partial charge on any atom is 0.207 e. The van der Waals surface area contributed by atoms with Crippen molar-refractivity contribution in [2.75, 3.05) is 0 Å². The molecule has 0 saturated heterocycles. The normalized spacial score (nSPS) is 11.2. The number of rotatable bonds is 4. The average Bonchev–Trinajstić information content (AvgIpc) is 3.03. The number of nitrogens with zero attached hydrogens (tertiary/aromatic N) is 1. The minimum atomic E-state index is -0.360. The monoisotopic (exact) mass is 347 g/mol. The lowest BCUT2D eigenvalue weighted by molar-refractivity contribution is 0.103. The minimum Gasteiger partial charge on any atom is -0.461 e. The van der Waals surface area contributed by atoms with Crippen molar-refractivity contribution in [1.29, 1.82) is 5.26 Å². The summed E-state index contributed by atoms with van der Waals surface area (Å²) in [7, 11) is 0. The second-order valence-corrected chi connectivity index (χ2v) is 5.93. The molecule has 0 unspecified atom stereocenters. The van der Waals surface area contributed by atoms with Gasteiger partial charge in [-0.3, -0.25) is 4.79 Å². The number of benzene rings is 2. The number of halogens is 1. The van der Waals surface area contributed by atoms with Crippen LogP contribution in [0.15, 0.2) is 70.7 Å². The van der Waals surface area contributed by atoms with Gasteiger partial charge in [0, 0.05) is 10.6 Å². The molecule has 4 heteroatoms. The lowest BCUT2D eigenvalue weighted by Crippen LogP contribution is -2.02. The van der Waals surface area contributed by atoms with E-state index < -0.39 is 0 Å². The second-order valence-electron chi connectivity index (χ2n) is 5.50. The van der Waals surface area contributed by atoms with Crippen LogP contribution < -0.4 is 0 Å². The van der Waals surface area contributed by atoms with E-state index in [4.69, 9.17) is 16.0 Å². The number of Topliss-reactive ketones (excluding diaryl/α,β-unsaturated/α-hetero) is 1. The average molecular weight is 348 g/mol. The highest BCUT2D eigenvalue weighted by molar-refractivity contribution is 6.30. The zero-order valence-electron chi connectivity index (χ0n) is 13.5. The van der Waals surface area contributed by atoms with Gasteiger partial charge in [0.2, 0.25) is 5.78 Å². The Hall–Kier alpha value is -3.09. The van der Waals surface area contributed by atoms with E-state index in [-0.39, 0.29) is 11.4 Å². The highest BCUT2D eigenvalue weighted by atomic mass is 35.5. The van der Waals surface area contributed by atoms with Crippen LogP contribution in [0.1, 0.15) is 21.7 Å². The number of carbonyl (C=O) groups excluding carboxylic acids is 1. The van der Waals surface area contributed by atoms with Crippen LogP contribution >= 0.6 is 11.6 Å². The summed E-state index contributed by atoms with van der Waals surface area (Å²) in [6, 6.07) is 20.1. The minimum absolute atomic E-state index is 0.0471. The molecular formula is C21H14ClNO2. The number of hydrogen-bond acceptors (Lipinski definition) is 3. The number of ketones is 1. The summed E-state index contributed by atoms with van der Waals surface area (Å²) >= 11 is 5.86. The molecule has 25 heavy (non-hydrogen) atoms. The topological polar surface area (TPSA) is 54.0 Å². The number of aryl methyl sites for hydroxylation is 1. The number of nitriles is 1. The van der Waals surface area contributed by atoms with E-state index in [2.05, 4.69) is 0 Å². The van der Waals surface area contributed by atoms with Crippen LogP contribution in [-0.4, -0.2) is 5.78 Å². The largest absolute Gasteiger partial charge is 0.461 e. The highest BCUT2D eigenvalue weighted by Gasteiger charge is 2.19. The molecule has 2 aromatic carbocycles. The Labute approximate surface area is 150 Å². The fourth-order valence-electron chi connectivity index (χ4n) is 2.47. The second kappa shape index (κ2) is 7.21. The third-order valence-electron chi connectivity index (χ3n) is 3.77. The zero-order chi connectivity index (χ0) is 17.8. The maximum atomic E-state index is 12.7. The van der Waals surface area contributed by atoms with Crippen LogP contribution in [0.4, 0.5) is 0 Å². The molecule has 0 aliphatic carbocycles. The van der Waals surface area contributed by atoms with Gasteiger partial charge in [0.1, 0.15) is 23.2 Å². The lowest BCUT2D eigenvalue weighted by Gasteiger charge is -1.98. The summed E-state index contributed by atoms with van der Waals surface area (Å²) in [4.78, 5) is 12.7. The van der Waals surface area contributed by atoms with Gasteiger partial charge >= 0.3 is 0 Å². The lowest BCUT2D eigenvalue weighted by atomic mass is 10.0. The van der Waals surface area contributed by atoms with Gasteiger partial charge in [-0.25, -0.2) is 0 Å². The molecule has 0 aliphatic rings. The Morgan fingerprint density at radius 2 is 1.80 bits per heavy atom. The molecule has 0 atom stereocenters. The van der Waals surface area contributed by atoms with Crippen LogP contribution in [0.3, 0.4) is 0 Å². The van der Waals surface area contributed by atoms with E-state index in [0.29, 0.717) is 22.1 Å². The van der Waals surface area contributed by atoms with Crippen LogP contribution in [0.2, 0.25) is 5.02 Å². The summed E-state index contributed by atoms with van der Waals surface area (Å²) in [5.41, 5.74) is 2.05. The molecule has 0 saturated carbocycles. The van der Waals surface area contributed by atoms with Crippen LogP contribution in [0, 0.1) is 18.3 Å². The molecule has 0 N–H and O–H groups in total. The van der Waals surface area contributed by atoms with E-state index in [0.717, 1.165) is 11.1 Å². The fourth-order valence-corrected chi connectivity index (χ4v) is 2.60. The fraction of sp³-hybridized carbons (Fsp3) is 0.0476. The molecule has 3 aromatic rings. The Kier molecular flexibility index (Phi) is 4.83. The van der Waals surface area contributed by atoms with Gasteiger partial charge in [0.15, 0.2) is 0 Å². The predicted octanol–water partition coefficient (Wildman–Crippen LogP) is 5.70. The summed E-state index contributed by atoms with van der Waals surface area (Å²) in [6.07, 6.45) is 1.55. The smallest absolute Gasteiger partial charge is 0.207 e. The number of allylic oxidation sites excluding steroid dienone is 1. The van der Waals surface area contributed by atoms with Crippen molar-refractivity contribution >= 4 is 23.5 Å². The zero-order valence-corrected chi connectivity index (χ0v) is 14.2. The van der Waals surface area contributed by atoms with Gasteiger partial charge in [-0.15, -0.1) is 0 Å². The Bertz CT molecular complexity index is 977. The number of carbonyl (C=O) groups is 1. The first kappa shape index (κ1) is 16.8. The van der Waals surface area contributed by atoms with Crippen LogP contribution in [0.5, 0.6) is 0 Å². The van der Waals surface area contributed by atoms with Crippen molar-refractivity contribution < 1.29 is 9.21 Å². The number of hydrogen-bond donors (Lipinski definition) is 0. The standard InChI is InChI=1S/C21H14ClNO2/c1-14-19(12-20(25-14)16-5-3-2-4-6-16)21(24)17(13-23)11-15-7-9-18(22)10-8-15/h2-12H,1H3. The van der Waals surface area contributed by atoms with Crippen molar-refractivity contribution in [3.8, 4) is 17.4 Å². The van der Waals surface area contributed by atoms with E-state index in [1.165, 1.54) is 0 Å². The molecule has 0 aliphatic heterocycles. The summed E-state index contributed by atoms with van der Waals surface area (Å²) < 4.78 is 5.71. The van der Waals surface area contributed by atoms with E-state index in [1.54, 1.807) is 43.3 Å². The van der Waals surface area contributed by atoms with Gasteiger partial charge in [-0.2, -0.15) is 5.26 Å². The molecule has 0 spiro atoms. The Morgan fingerprint density at radius 1 is 1.12 bits per heavy atom. The van der Waals surface area contributed by atoms with E-state index in [9.17, 15) is 10.1 Å². The third-order valence-corrected chi connectivity index (χ3v) is 4.02. The molecule has 0 fully saturated rings. The molecule has 3 rings (SSSR count). The first-order valence-corrected chi connectivity index (χ1v) is 8.04. The quantitative estimate of drug-likeness (QED) is 0.345. The van der Waals surface area contributed by atoms with Crippen LogP contribution in [-0.2, 0) is 0 Å². The van der Waals surface area contributed by atoms with Gasteiger partial charge in [0.05, 0.1) is 5.56 Å². The van der Waals surface area contributed by atoms with Gasteiger partial charge < -0.3 is 4.42 Å². The SMILES string of the molecule is Cc1oc(-c2ccccc2)cc1C(=O)C(C#N)=Cc1ccc(Cl)cc1. The molecule has 0 amide bonds. The predicted molar refractivity (Wildman–Crippen MR) is 98.3 cm³/mol. The summed E-state index contributed by atoms with van der Waals surface area (Å²) in [5, 5.41) is 9.99.